The van der Waals surface area contributed by atoms with Crippen LogP contribution >= 0.6 is 11.5 Å². The SMILES string of the molecule is COc1cccc(Cc2nsc(N3CCCN(C(=O)CC(C)(C)C)CC3)n2)c1. The maximum Gasteiger partial charge on any atom is 0.223 e. The van der Waals surface area contributed by atoms with Crippen LogP contribution in [0.3, 0.4) is 0 Å². The molecule has 152 valence electrons. The second kappa shape index (κ2) is 8.90. The van der Waals surface area contributed by atoms with Crippen LogP contribution in [0, 0.1) is 5.41 Å². The molecule has 6 nitrogen and oxygen atoms in total. The van der Waals surface area contributed by atoms with Crippen molar-refractivity contribution in [3.8, 4) is 5.75 Å². The highest BCUT2D eigenvalue weighted by Crippen LogP contribution is 2.23. The van der Waals surface area contributed by atoms with E-state index < -0.39 is 0 Å². The number of ether oxygens (including phenoxy) is 1. The third kappa shape index (κ3) is 5.67. The smallest absolute Gasteiger partial charge is 0.223 e. The number of amides is 1. The van der Waals surface area contributed by atoms with Gasteiger partial charge in [-0.1, -0.05) is 32.9 Å². The standard InChI is InChI=1S/C21H30N4O2S/c1-21(2,3)15-19(26)24-9-6-10-25(12-11-24)20-22-18(23-28-20)14-16-7-5-8-17(13-16)27-4/h5,7-8,13H,6,9-12,14-15H2,1-4H3. The van der Waals surface area contributed by atoms with Crippen molar-refractivity contribution >= 4 is 22.6 Å². The fraction of sp³-hybridized carbons (Fsp3) is 0.571. The van der Waals surface area contributed by atoms with Gasteiger partial charge in [0.05, 0.1) is 7.11 Å². The molecule has 1 amide bonds. The van der Waals surface area contributed by atoms with Gasteiger partial charge in [-0.05, 0) is 29.5 Å². The Bertz CT molecular complexity index is 800. The van der Waals surface area contributed by atoms with E-state index >= 15 is 0 Å². The molecule has 1 aliphatic heterocycles. The summed E-state index contributed by atoms with van der Waals surface area (Å²) in [5.74, 6) is 1.93. The summed E-state index contributed by atoms with van der Waals surface area (Å²) in [4.78, 5) is 21.6. The van der Waals surface area contributed by atoms with E-state index in [-0.39, 0.29) is 11.3 Å². The van der Waals surface area contributed by atoms with Gasteiger partial charge in [0.1, 0.15) is 11.6 Å². The van der Waals surface area contributed by atoms with Crippen LogP contribution < -0.4 is 9.64 Å². The Morgan fingerprint density at radius 3 is 2.79 bits per heavy atom. The minimum absolute atomic E-state index is 0.0251. The van der Waals surface area contributed by atoms with E-state index in [4.69, 9.17) is 9.72 Å². The van der Waals surface area contributed by atoms with Crippen LogP contribution in [0.5, 0.6) is 5.75 Å². The van der Waals surface area contributed by atoms with Crippen molar-refractivity contribution in [2.45, 2.75) is 40.0 Å². The molecule has 0 N–H and O–H groups in total. The van der Waals surface area contributed by atoms with Crippen LogP contribution in [0.2, 0.25) is 0 Å². The van der Waals surface area contributed by atoms with Crippen molar-refractivity contribution in [3.63, 3.8) is 0 Å². The maximum absolute atomic E-state index is 12.5. The highest BCUT2D eigenvalue weighted by atomic mass is 32.1. The molecule has 0 bridgehead atoms. The second-order valence-corrected chi connectivity index (χ2v) is 9.21. The first-order valence-corrected chi connectivity index (χ1v) is 10.6. The lowest BCUT2D eigenvalue weighted by molar-refractivity contribution is -0.132. The molecule has 1 aromatic heterocycles. The number of rotatable bonds is 5. The number of hydrogen-bond acceptors (Lipinski definition) is 6. The summed E-state index contributed by atoms with van der Waals surface area (Å²) in [5, 5.41) is 0.947. The van der Waals surface area contributed by atoms with Crippen LogP contribution in [-0.4, -0.2) is 53.5 Å². The molecule has 2 heterocycles. The summed E-state index contributed by atoms with van der Waals surface area (Å²) in [7, 11) is 1.67. The van der Waals surface area contributed by atoms with Crippen molar-refractivity contribution in [2.75, 3.05) is 38.2 Å². The van der Waals surface area contributed by atoms with E-state index in [1.54, 1.807) is 7.11 Å². The number of hydrogen-bond donors (Lipinski definition) is 0. The number of aromatic nitrogens is 2. The van der Waals surface area contributed by atoms with Gasteiger partial charge in [-0.2, -0.15) is 4.37 Å². The minimum Gasteiger partial charge on any atom is -0.497 e. The first kappa shape index (κ1) is 20.6. The molecule has 0 spiro atoms. The fourth-order valence-corrected chi connectivity index (χ4v) is 4.07. The lowest BCUT2D eigenvalue weighted by Crippen LogP contribution is -2.36. The molecule has 1 saturated heterocycles. The topological polar surface area (TPSA) is 58.6 Å². The van der Waals surface area contributed by atoms with E-state index in [1.165, 1.54) is 11.5 Å². The van der Waals surface area contributed by atoms with Crippen molar-refractivity contribution < 1.29 is 9.53 Å². The quantitative estimate of drug-likeness (QED) is 0.765. The van der Waals surface area contributed by atoms with Crippen molar-refractivity contribution in [1.82, 2.24) is 14.3 Å². The van der Waals surface area contributed by atoms with Gasteiger partial charge in [0.15, 0.2) is 0 Å². The van der Waals surface area contributed by atoms with Gasteiger partial charge >= 0.3 is 0 Å². The third-order valence-corrected chi connectivity index (χ3v) is 5.57. The van der Waals surface area contributed by atoms with E-state index in [9.17, 15) is 4.79 Å². The Kier molecular flexibility index (Phi) is 6.54. The number of anilines is 1. The first-order valence-electron chi connectivity index (χ1n) is 9.82. The van der Waals surface area contributed by atoms with E-state index in [2.05, 4.69) is 36.1 Å². The zero-order valence-corrected chi connectivity index (χ0v) is 18.1. The number of benzene rings is 1. The van der Waals surface area contributed by atoms with Crippen LogP contribution in [-0.2, 0) is 11.2 Å². The Hall–Kier alpha value is -2.15. The molecule has 0 saturated carbocycles. The average Bonchev–Trinajstić information content (AvgIpc) is 2.95. The average molecular weight is 403 g/mol. The molecule has 1 aliphatic rings. The minimum atomic E-state index is 0.0251. The fourth-order valence-electron chi connectivity index (χ4n) is 3.33. The van der Waals surface area contributed by atoms with Gasteiger partial charge < -0.3 is 14.5 Å². The van der Waals surface area contributed by atoms with Crippen LogP contribution in [0.4, 0.5) is 5.13 Å². The zero-order valence-electron chi connectivity index (χ0n) is 17.3. The predicted octanol–water partition coefficient (Wildman–Crippen LogP) is 3.61. The highest BCUT2D eigenvalue weighted by Gasteiger charge is 2.24. The number of carbonyl (C=O) groups excluding carboxylic acids is 1. The summed E-state index contributed by atoms with van der Waals surface area (Å²) in [6, 6.07) is 8.01. The third-order valence-electron chi connectivity index (χ3n) is 4.75. The highest BCUT2D eigenvalue weighted by molar-refractivity contribution is 7.09. The van der Waals surface area contributed by atoms with E-state index in [1.807, 2.05) is 23.1 Å². The molecular formula is C21H30N4O2S. The van der Waals surface area contributed by atoms with Gasteiger partial charge in [-0.15, -0.1) is 0 Å². The summed E-state index contributed by atoms with van der Waals surface area (Å²) in [5.41, 5.74) is 1.16. The number of nitrogens with zero attached hydrogens (tertiary/aromatic N) is 4. The van der Waals surface area contributed by atoms with Crippen LogP contribution in [0.1, 0.15) is 45.0 Å². The number of methoxy groups -OCH3 is 1. The van der Waals surface area contributed by atoms with Crippen LogP contribution in [0.15, 0.2) is 24.3 Å². The zero-order chi connectivity index (χ0) is 20.1. The summed E-state index contributed by atoms with van der Waals surface area (Å²) >= 11 is 1.44. The van der Waals surface area contributed by atoms with Crippen molar-refractivity contribution in [3.05, 3.63) is 35.7 Å². The Labute approximate surface area is 171 Å². The van der Waals surface area contributed by atoms with Gasteiger partial charge in [0.2, 0.25) is 11.0 Å². The molecular weight excluding hydrogens is 372 g/mol. The molecule has 28 heavy (non-hydrogen) atoms. The van der Waals surface area contributed by atoms with Gasteiger partial charge in [-0.25, -0.2) is 4.98 Å². The lowest BCUT2D eigenvalue weighted by atomic mass is 9.91. The molecule has 1 fully saturated rings. The van der Waals surface area contributed by atoms with Crippen molar-refractivity contribution in [2.24, 2.45) is 5.41 Å². The van der Waals surface area contributed by atoms with Crippen molar-refractivity contribution in [1.29, 1.82) is 0 Å². The normalized spacial score (nSPS) is 15.4. The molecule has 3 rings (SSSR count). The molecule has 7 heteroatoms. The van der Waals surface area contributed by atoms with Gasteiger partial charge in [0.25, 0.3) is 0 Å². The maximum atomic E-state index is 12.5. The lowest BCUT2D eigenvalue weighted by Gasteiger charge is -2.25. The summed E-state index contributed by atoms with van der Waals surface area (Å²) < 4.78 is 9.83. The largest absolute Gasteiger partial charge is 0.497 e. The van der Waals surface area contributed by atoms with Gasteiger partial charge in [-0.3, -0.25) is 4.79 Å². The molecule has 1 aromatic carbocycles. The molecule has 0 unspecified atom stereocenters. The van der Waals surface area contributed by atoms with Crippen LogP contribution in [0.25, 0.3) is 0 Å². The van der Waals surface area contributed by atoms with Gasteiger partial charge in [0, 0.05) is 50.6 Å². The first-order chi connectivity index (χ1) is 13.3. The number of carbonyl (C=O) groups is 1. The Balaban J connectivity index is 1.60. The second-order valence-electron chi connectivity index (χ2n) is 8.48. The predicted molar refractivity (Wildman–Crippen MR) is 113 cm³/mol. The monoisotopic (exact) mass is 402 g/mol. The molecule has 0 aliphatic carbocycles. The molecule has 2 aromatic rings. The summed E-state index contributed by atoms with van der Waals surface area (Å²) in [6.07, 6.45) is 2.24. The summed E-state index contributed by atoms with van der Waals surface area (Å²) in [6.45, 7) is 9.62. The Morgan fingerprint density at radius 1 is 1.21 bits per heavy atom. The Morgan fingerprint density at radius 2 is 2.04 bits per heavy atom. The molecule has 0 radical (unpaired) electrons. The van der Waals surface area contributed by atoms with E-state index in [0.717, 1.165) is 54.9 Å². The molecule has 0 atom stereocenters. The van der Waals surface area contributed by atoms with E-state index in [0.29, 0.717) is 12.8 Å².